The molecule has 0 spiro atoms. The summed E-state index contributed by atoms with van der Waals surface area (Å²) in [6.07, 6.45) is 5.15. The average Bonchev–Trinajstić information content (AvgIpc) is 3.46. The zero-order valence-corrected chi connectivity index (χ0v) is 20.0. The second-order valence-corrected chi connectivity index (χ2v) is 9.49. The van der Waals surface area contributed by atoms with E-state index in [1.54, 1.807) is 18.2 Å². The van der Waals surface area contributed by atoms with Crippen LogP contribution in [0.5, 0.6) is 11.6 Å². The van der Waals surface area contributed by atoms with E-state index < -0.39 is 5.97 Å². The Morgan fingerprint density at radius 3 is 2.61 bits per heavy atom. The first-order chi connectivity index (χ1) is 17.6. The molecule has 1 N–H and O–H groups in total. The number of aromatic carboxylic acids is 1. The molecule has 2 fully saturated rings. The van der Waals surface area contributed by atoms with Gasteiger partial charge in [0, 0.05) is 32.0 Å². The molecular formula is C27H29N5O4. The fourth-order valence-corrected chi connectivity index (χ4v) is 4.99. The van der Waals surface area contributed by atoms with Crippen LogP contribution in [0.2, 0.25) is 0 Å². The Hall–Kier alpha value is -3.69. The molecule has 0 radical (unpaired) electrons. The van der Waals surface area contributed by atoms with Gasteiger partial charge in [0.1, 0.15) is 11.6 Å². The molecule has 0 saturated carbocycles. The maximum Gasteiger partial charge on any atom is 0.335 e. The van der Waals surface area contributed by atoms with Crippen LogP contribution in [0.15, 0.2) is 60.8 Å². The Kier molecular flexibility index (Phi) is 6.16. The largest absolute Gasteiger partial charge is 0.478 e. The molecule has 9 nitrogen and oxygen atoms in total. The van der Waals surface area contributed by atoms with Crippen LogP contribution in [0.3, 0.4) is 0 Å². The molecule has 186 valence electrons. The summed E-state index contributed by atoms with van der Waals surface area (Å²) in [4.78, 5) is 18.8. The SMILES string of the molecule is O=C(O)c1ccc2nc(CN3CCC(n4ccc(Oc5ccccc5)n4)CC3)n(CC3CCO3)c2c1. The highest BCUT2D eigenvalue weighted by molar-refractivity contribution is 5.92. The first-order valence-electron chi connectivity index (χ1n) is 12.5. The van der Waals surface area contributed by atoms with Crippen LogP contribution >= 0.6 is 0 Å². The summed E-state index contributed by atoms with van der Waals surface area (Å²) >= 11 is 0. The number of hydrogen-bond acceptors (Lipinski definition) is 6. The van der Waals surface area contributed by atoms with Crippen molar-refractivity contribution in [1.82, 2.24) is 24.2 Å². The summed E-state index contributed by atoms with van der Waals surface area (Å²) in [6.45, 7) is 4.07. The van der Waals surface area contributed by atoms with Gasteiger partial charge in [0.25, 0.3) is 0 Å². The van der Waals surface area contributed by atoms with Gasteiger partial charge in [0.05, 0.1) is 41.8 Å². The number of benzene rings is 2. The number of para-hydroxylation sites is 1. The Balaban J connectivity index is 1.13. The highest BCUT2D eigenvalue weighted by Gasteiger charge is 2.26. The maximum atomic E-state index is 11.5. The predicted octanol–water partition coefficient (Wildman–Crippen LogP) is 4.35. The lowest BCUT2D eigenvalue weighted by Gasteiger charge is -2.32. The summed E-state index contributed by atoms with van der Waals surface area (Å²) in [5, 5.41) is 14.1. The van der Waals surface area contributed by atoms with Crippen molar-refractivity contribution in [2.75, 3.05) is 19.7 Å². The molecule has 4 heterocycles. The van der Waals surface area contributed by atoms with Gasteiger partial charge >= 0.3 is 5.97 Å². The molecule has 0 aliphatic carbocycles. The van der Waals surface area contributed by atoms with E-state index in [0.717, 1.165) is 68.1 Å². The number of carboxylic acid groups (broad SMARTS) is 1. The van der Waals surface area contributed by atoms with E-state index >= 15 is 0 Å². The Labute approximate surface area is 208 Å². The third-order valence-electron chi connectivity index (χ3n) is 7.10. The molecule has 0 amide bonds. The van der Waals surface area contributed by atoms with Gasteiger partial charge in [0.15, 0.2) is 0 Å². The number of rotatable bonds is 8. The molecule has 0 bridgehead atoms. The number of aromatic nitrogens is 4. The molecule has 2 aliphatic heterocycles. The van der Waals surface area contributed by atoms with Crippen LogP contribution in [0.4, 0.5) is 0 Å². The van der Waals surface area contributed by atoms with Crippen LogP contribution in [-0.2, 0) is 17.8 Å². The number of fused-ring (bicyclic) bond motifs is 1. The van der Waals surface area contributed by atoms with Gasteiger partial charge in [-0.05, 0) is 49.6 Å². The lowest BCUT2D eigenvalue weighted by Crippen LogP contribution is -2.36. The van der Waals surface area contributed by atoms with E-state index in [2.05, 4.69) is 14.6 Å². The minimum Gasteiger partial charge on any atom is -0.478 e. The fraction of sp³-hybridized carbons (Fsp3) is 0.370. The number of nitrogens with zero attached hydrogens (tertiary/aromatic N) is 5. The van der Waals surface area contributed by atoms with E-state index in [0.29, 0.717) is 18.5 Å². The second kappa shape index (κ2) is 9.75. The molecule has 1 atom stereocenters. The number of hydrogen-bond donors (Lipinski definition) is 1. The van der Waals surface area contributed by atoms with Crippen molar-refractivity contribution in [3.05, 3.63) is 72.2 Å². The highest BCUT2D eigenvalue weighted by Crippen LogP contribution is 2.28. The smallest absolute Gasteiger partial charge is 0.335 e. The fourth-order valence-electron chi connectivity index (χ4n) is 4.99. The molecule has 36 heavy (non-hydrogen) atoms. The van der Waals surface area contributed by atoms with Crippen molar-refractivity contribution in [2.45, 2.75) is 44.5 Å². The molecule has 2 saturated heterocycles. The monoisotopic (exact) mass is 487 g/mol. The molecule has 1 unspecified atom stereocenters. The van der Waals surface area contributed by atoms with E-state index in [1.165, 1.54) is 0 Å². The lowest BCUT2D eigenvalue weighted by molar-refractivity contribution is -0.0592. The van der Waals surface area contributed by atoms with E-state index in [1.807, 2.05) is 47.3 Å². The summed E-state index contributed by atoms with van der Waals surface area (Å²) in [6, 6.07) is 17.1. The van der Waals surface area contributed by atoms with Crippen LogP contribution in [0.1, 0.15) is 41.5 Å². The van der Waals surface area contributed by atoms with Crippen molar-refractivity contribution >= 4 is 17.0 Å². The molecule has 2 aromatic carbocycles. The van der Waals surface area contributed by atoms with Crippen LogP contribution in [0, 0.1) is 0 Å². The second-order valence-electron chi connectivity index (χ2n) is 9.49. The van der Waals surface area contributed by atoms with Crippen molar-refractivity contribution < 1.29 is 19.4 Å². The minimum atomic E-state index is -0.927. The van der Waals surface area contributed by atoms with E-state index in [9.17, 15) is 9.90 Å². The van der Waals surface area contributed by atoms with Gasteiger partial charge < -0.3 is 19.1 Å². The number of carboxylic acids is 1. The molecule has 4 aromatic rings. The number of ether oxygens (including phenoxy) is 2. The summed E-state index contributed by atoms with van der Waals surface area (Å²) in [5.41, 5.74) is 1.96. The first-order valence-corrected chi connectivity index (χ1v) is 12.5. The Morgan fingerprint density at radius 1 is 1.08 bits per heavy atom. The summed E-state index contributed by atoms with van der Waals surface area (Å²) in [7, 11) is 0. The Bertz CT molecular complexity index is 1350. The van der Waals surface area contributed by atoms with Crippen LogP contribution in [-0.4, -0.2) is 61.1 Å². The van der Waals surface area contributed by atoms with Crippen molar-refractivity contribution in [2.24, 2.45) is 0 Å². The Morgan fingerprint density at radius 2 is 1.89 bits per heavy atom. The number of piperidine rings is 1. The topological polar surface area (TPSA) is 94.6 Å². The van der Waals surface area contributed by atoms with E-state index in [-0.39, 0.29) is 11.7 Å². The van der Waals surface area contributed by atoms with Crippen molar-refractivity contribution in [3.63, 3.8) is 0 Å². The maximum absolute atomic E-state index is 11.5. The predicted molar refractivity (Wildman–Crippen MR) is 133 cm³/mol. The molecule has 2 aliphatic rings. The van der Waals surface area contributed by atoms with Gasteiger partial charge in [0.2, 0.25) is 5.88 Å². The van der Waals surface area contributed by atoms with Gasteiger partial charge in [-0.2, -0.15) is 0 Å². The van der Waals surface area contributed by atoms with Gasteiger partial charge in [-0.15, -0.1) is 5.10 Å². The minimum absolute atomic E-state index is 0.160. The van der Waals surface area contributed by atoms with Crippen LogP contribution < -0.4 is 4.74 Å². The average molecular weight is 488 g/mol. The summed E-state index contributed by atoms with van der Waals surface area (Å²) in [5.74, 6) is 1.42. The number of likely N-dealkylation sites (tertiary alicyclic amines) is 1. The highest BCUT2D eigenvalue weighted by atomic mass is 16.5. The number of imidazole rings is 1. The quantitative estimate of drug-likeness (QED) is 0.395. The van der Waals surface area contributed by atoms with Gasteiger partial charge in [-0.1, -0.05) is 18.2 Å². The zero-order chi connectivity index (χ0) is 24.5. The number of carbonyl (C=O) groups is 1. The lowest BCUT2D eigenvalue weighted by atomic mass is 10.1. The molecule has 9 heteroatoms. The molecule has 2 aromatic heterocycles. The molecule has 6 rings (SSSR count). The molecular weight excluding hydrogens is 458 g/mol. The van der Waals surface area contributed by atoms with Gasteiger partial charge in [-0.3, -0.25) is 9.58 Å². The normalized spacial score (nSPS) is 18.8. The zero-order valence-electron chi connectivity index (χ0n) is 20.0. The van der Waals surface area contributed by atoms with Crippen molar-refractivity contribution in [1.29, 1.82) is 0 Å². The first kappa shape index (κ1) is 22.8. The van der Waals surface area contributed by atoms with E-state index in [4.69, 9.17) is 14.5 Å². The summed E-state index contributed by atoms with van der Waals surface area (Å²) < 4.78 is 15.7. The van der Waals surface area contributed by atoms with Crippen molar-refractivity contribution in [3.8, 4) is 11.6 Å². The third-order valence-corrected chi connectivity index (χ3v) is 7.10. The van der Waals surface area contributed by atoms with Gasteiger partial charge in [-0.25, -0.2) is 9.78 Å². The standard InChI is InChI=1S/C27H29N5O4/c33-27(34)19-6-7-23-24(16-19)31(17-22-11-15-35-22)25(28-23)18-30-12-8-20(9-13-30)32-14-10-26(29-32)36-21-4-2-1-3-5-21/h1-7,10,14,16,20,22H,8-9,11-13,15,17-18H2,(H,33,34). The van der Waals surface area contributed by atoms with Crippen LogP contribution in [0.25, 0.3) is 11.0 Å². The third kappa shape index (κ3) is 4.72.